The van der Waals surface area contributed by atoms with Gasteiger partial charge in [0.2, 0.25) is 5.91 Å². The van der Waals surface area contributed by atoms with Gasteiger partial charge in [-0.25, -0.2) is 0 Å². The van der Waals surface area contributed by atoms with Crippen LogP contribution in [0.3, 0.4) is 0 Å². The summed E-state index contributed by atoms with van der Waals surface area (Å²) >= 11 is 1.37. The molecular weight excluding hydrogens is 368 g/mol. The van der Waals surface area contributed by atoms with Crippen molar-refractivity contribution >= 4 is 33.4 Å². The SMILES string of the molecule is COC(=O)Cn1c(=NC(=O)CC2CCCC2)sc2cc3c(cc21)OCCO3. The van der Waals surface area contributed by atoms with E-state index in [0.29, 0.717) is 41.9 Å². The average molecular weight is 390 g/mol. The van der Waals surface area contributed by atoms with Gasteiger partial charge in [0.25, 0.3) is 0 Å². The standard InChI is InChI=1S/C19H22N2O5S/c1-24-18(23)11-21-13-9-14-15(26-7-6-25-14)10-16(13)27-19(21)20-17(22)8-12-4-2-3-5-12/h9-10,12H,2-8,11H2,1H3. The molecule has 0 N–H and O–H groups in total. The van der Waals surface area contributed by atoms with Crippen LogP contribution in [-0.2, 0) is 20.9 Å². The summed E-state index contributed by atoms with van der Waals surface area (Å²) in [5.74, 6) is 1.20. The summed E-state index contributed by atoms with van der Waals surface area (Å²) in [4.78, 5) is 29.2. The first-order valence-electron chi connectivity index (χ1n) is 9.21. The lowest BCUT2D eigenvalue weighted by Gasteiger charge is -2.18. The van der Waals surface area contributed by atoms with Crippen LogP contribution in [0.25, 0.3) is 10.2 Å². The molecule has 1 aromatic heterocycles. The molecule has 1 aliphatic heterocycles. The number of nitrogens with zero attached hydrogens (tertiary/aromatic N) is 2. The van der Waals surface area contributed by atoms with Gasteiger partial charge in [-0.15, -0.1) is 0 Å². The van der Waals surface area contributed by atoms with Crippen LogP contribution < -0.4 is 14.3 Å². The molecular formula is C19H22N2O5S. The van der Waals surface area contributed by atoms with Gasteiger partial charge >= 0.3 is 5.97 Å². The Kier molecular flexibility index (Phi) is 5.15. The summed E-state index contributed by atoms with van der Waals surface area (Å²) in [5.41, 5.74) is 0.780. The minimum Gasteiger partial charge on any atom is -0.486 e. The van der Waals surface area contributed by atoms with Crippen molar-refractivity contribution in [2.24, 2.45) is 10.9 Å². The molecule has 0 spiro atoms. The predicted molar refractivity (Wildman–Crippen MR) is 100.0 cm³/mol. The van der Waals surface area contributed by atoms with Crippen molar-refractivity contribution in [3.63, 3.8) is 0 Å². The first-order chi connectivity index (χ1) is 13.1. The summed E-state index contributed by atoms with van der Waals surface area (Å²) in [5, 5.41) is 0. The second-order valence-electron chi connectivity index (χ2n) is 6.87. The number of thiazole rings is 1. The molecule has 1 aromatic carbocycles. The van der Waals surface area contributed by atoms with Gasteiger partial charge < -0.3 is 18.8 Å². The second-order valence-corrected chi connectivity index (χ2v) is 7.88. The molecule has 8 heteroatoms. The topological polar surface area (TPSA) is 79.1 Å². The van der Waals surface area contributed by atoms with Crippen molar-refractivity contribution in [1.82, 2.24) is 4.57 Å². The van der Waals surface area contributed by atoms with Crippen LogP contribution in [-0.4, -0.2) is 36.8 Å². The summed E-state index contributed by atoms with van der Waals surface area (Å²) < 4.78 is 18.7. The number of aromatic nitrogens is 1. The number of hydrogen-bond donors (Lipinski definition) is 0. The average Bonchev–Trinajstić information content (AvgIpc) is 3.28. The van der Waals surface area contributed by atoms with Gasteiger partial charge in [0.1, 0.15) is 19.8 Å². The maximum Gasteiger partial charge on any atom is 0.325 e. The van der Waals surface area contributed by atoms with Gasteiger partial charge in [0.05, 0.1) is 17.3 Å². The molecule has 0 radical (unpaired) electrons. The number of hydrogen-bond acceptors (Lipinski definition) is 6. The molecule has 27 heavy (non-hydrogen) atoms. The molecule has 2 heterocycles. The molecule has 1 aliphatic carbocycles. The van der Waals surface area contributed by atoms with E-state index >= 15 is 0 Å². The molecule has 0 saturated heterocycles. The lowest BCUT2D eigenvalue weighted by Crippen LogP contribution is -2.23. The molecule has 1 fully saturated rings. The molecule has 4 rings (SSSR count). The fourth-order valence-electron chi connectivity index (χ4n) is 3.65. The fourth-order valence-corrected chi connectivity index (χ4v) is 4.71. The Bertz CT molecular complexity index is 939. The Hall–Kier alpha value is -2.35. The third-order valence-corrected chi connectivity index (χ3v) is 6.06. The predicted octanol–water partition coefficient (Wildman–Crippen LogP) is 2.65. The van der Waals surface area contributed by atoms with Crippen molar-refractivity contribution in [2.75, 3.05) is 20.3 Å². The van der Waals surface area contributed by atoms with E-state index in [1.54, 1.807) is 4.57 Å². The first-order valence-corrected chi connectivity index (χ1v) is 10.0. The molecule has 0 unspecified atom stereocenters. The second kappa shape index (κ2) is 7.72. The molecule has 0 bridgehead atoms. The highest BCUT2D eigenvalue weighted by molar-refractivity contribution is 7.16. The molecule has 1 amide bonds. The van der Waals surface area contributed by atoms with Crippen LogP contribution in [0.1, 0.15) is 32.1 Å². The van der Waals surface area contributed by atoms with Crippen molar-refractivity contribution in [3.8, 4) is 11.5 Å². The van der Waals surface area contributed by atoms with E-state index in [-0.39, 0.29) is 12.5 Å². The van der Waals surface area contributed by atoms with Crippen LogP contribution in [0.2, 0.25) is 0 Å². The summed E-state index contributed by atoms with van der Waals surface area (Å²) in [6.45, 7) is 0.978. The zero-order valence-electron chi connectivity index (χ0n) is 15.2. The van der Waals surface area contributed by atoms with E-state index in [2.05, 4.69) is 4.99 Å². The van der Waals surface area contributed by atoms with Crippen molar-refractivity contribution in [2.45, 2.75) is 38.6 Å². The number of esters is 1. The van der Waals surface area contributed by atoms with Crippen LogP contribution in [0.5, 0.6) is 11.5 Å². The van der Waals surface area contributed by atoms with Crippen LogP contribution in [0, 0.1) is 5.92 Å². The largest absolute Gasteiger partial charge is 0.486 e. The van der Waals surface area contributed by atoms with Crippen molar-refractivity contribution < 1.29 is 23.8 Å². The minimum atomic E-state index is -0.394. The third-order valence-electron chi connectivity index (χ3n) is 5.02. The van der Waals surface area contributed by atoms with Gasteiger partial charge in [-0.05, 0) is 18.8 Å². The van der Waals surface area contributed by atoms with Crippen LogP contribution in [0.4, 0.5) is 0 Å². The highest BCUT2D eigenvalue weighted by Crippen LogP contribution is 2.35. The van der Waals surface area contributed by atoms with Gasteiger partial charge in [0, 0.05) is 18.6 Å². The molecule has 1 saturated carbocycles. The third kappa shape index (κ3) is 3.85. The molecule has 2 aromatic rings. The quantitative estimate of drug-likeness (QED) is 0.750. The Morgan fingerprint density at radius 3 is 2.63 bits per heavy atom. The molecule has 144 valence electrons. The summed E-state index contributed by atoms with van der Waals surface area (Å²) in [7, 11) is 1.35. The van der Waals surface area contributed by atoms with Crippen LogP contribution >= 0.6 is 11.3 Å². The van der Waals surface area contributed by atoms with Crippen molar-refractivity contribution in [1.29, 1.82) is 0 Å². The van der Waals surface area contributed by atoms with Crippen molar-refractivity contribution in [3.05, 3.63) is 16.9 Å². The lowest BCUT2D eigenvalue weighted by molar-refractivity contribution is -0.141. The highest BCUT2D eigenvalue weighted by Gasteiger charge is 2.20. The smallest absolute Gasteiger partial charge is 0.325 e. The highest BCUT2D eigenvalue weighted by atomic mass is 32.1. The van der Waals surface area contributed by atoms with Gasteiger partial charge in [-0.3, -0.25) is 9.59 Å². The number of carbonyl (C=O) groups excluding carboxylic acids is 2. The Morgan fingerprint density at radius 2 is 1.93 bits per heavy atom. The number of fused-ring (bicyclic) bond motifs is 2. The van der Waals surface area contributed by atoms with E-state index < -0.39 is 5.97 Å². The maximum absolute atomic E-state index is 12.5. The van der Waals surface area contributed by atoms with E-state index in [4.69, 9.17) is 14.2 Å². The summed E-state index contributed by atoms with van der Waals surface area (Å²) in [6.07, 6.45) is 5.03. The number of rotatable bonds is 4. The van der Waals surface area contributed by atoms with E-state index in [9.17, 15) is 9.59 Å². The Morgan fingerprint density at radius 1 is 1.22 bits per heavy atom. The number of ether oxygens (including phenoxy) is 3. The Balaban J connectivity index is 1.75. The molecule has 7 nitrogen and oxygen atoms in total. The fraction of sp³-hybridized carbons (Fsp3) is 0.526. The zero-order chi connectivity index (χ0) is 18.8. The van der Waals surface area contributed by atoms with Gasteiger partial charge in [0.15, 0.2) is 16.3 Å². The number of carbonyl (C=O) groups is 2. The van der Waals surface area contributed by atoms with E-state index in [1.807, 2.05) is 12.1 Å². The minimum absolute atomic E-state index is 0.00825. The maximum atomic E-state index is 12.5. The number of benzene rings is 1. The van der Waals surface area contributed by atoms with E-state index in [1.165, 1.54) is 31.3 Å². The number of methoxy groups -OCH3 is 1. The van der Waals surface area contributed by atoms with Gasteiger partial charge in [-0.2, -0.15) is 4.99 Å². The van der Waals surface area contributed by atoms with Gasteiger partial charge in [-0.1, -0.05) is 24.2 Å². The first kappa shape index (κ1) is 18.0. The lowest BCUT2D eigenvalue weighted by atomic mass is 10.0. The molecule has 2 aliphatic rings. The zero-order valence-corrected chi connectivity index (χ0v) is 16.0. The summed E-state index contributed by atoms with van der Waals surface area (Å²) in [6, 6.07) is 3.71. The van der Waals surface area contributed by atoms with Crippen LogP contribution in [0.15, 0.2) is 17.1 Å². The molecule has 0 atom stereocenters. The monoisotopic (exact) mass is 390 g/mol. The Labute approximate surface area is 160 Å². The number of amides is 1. The normalized spacial score (nSPS) is 17.4. The van der Waals surface area contributed by atoms with E-state index in [0.717, 1.165) is 23.1 Å².